The van der Waals surface area contributed by atoms with Crippen LogP contribution in [0.2, 0.25) is 0 Å². The monoisotopic (exact) mass is 229 g/mol. The molecule has 0 heterocycles. The molecule has 1 fully saturated rings. The van der Waals surface area contributed by atoms with Crippen LogP contribution in [0, 0.1) is 5.92 Å². The number of rotatable bonds is 6. The zero-order valence-electron chi connectivity index (χ0n) is 10.6. The van der Waals surface area contributed by atoms with Gasteiger partial charge in [-0.15, -0.1) is 0 Å². The van der Waals surface area contributed by atoms with E-state index in [4.69, 9.17) is 0 Å². The predicted molar refractivity (Wildman–Crippen MR) is 71.6 cm³/mol. The van der Waals surface area contributed by atoms with Crippen LogP contribution < -0.4 is 5.32 Å². The lowest BCUT2D eigenvalue weighted by atomic mass is 9.94. The molecule has 2 unspecified atom stereocenters. The predicted octanol–water partition coefficient (Wildman–Crippen LogP) is 3.69. The van der Waals surface area contributed by atoms with Crippen molar-refractivity contribution in [2.75, 3.05) is 12.8 Å². The maximum absolute atomic E-state index is 3.76. The Labute approximate surface area is 99.8 Å². The highest BCUT2D eigenvalue weighted by Gasteiger charge is 2.23. The normalized spacial score (nSPS) is 27.2. The molecule has 0 aromatic carbocycles. The van der Waals surface area contributed by atoms with Gasteiger partial charge in [0, 0.05) is 11.3 Å². The fourth-order valence-corrected chi connectivity index (χ4v) is 3.37. The van der Waals surface area contributed by atoms with E-state index in [9.17, 15) is 0 Å². The SMILES string of the molecule is CSC1CCCCC1NCCCC(C)C. The number of thioether (sulfide) groups is 1. The van der Waals surface area contributed by atoms with Crippen LogP contribution in [0.5, 0.6) is 0 Å². The Hall–Kier alpha value is 0.310. The zero-order valence-corrected chi connectivity index (χ0v) is 11.4. The molecule has 1 aliphatic carbocycles. The molecule has 2 heteroatoms. The maximum atomic E-state index is 3.76. The summed E-state index contributed by atoms with van der Waals surface area (Å²) in [6, 6.07) is 0.793. The molecule has 1 aliphatic rings. The van der Waals surface area contributed by atoms with E-state index in [0.29, 0.717) is 0 Å². The molecule has 0 aromatic rings. The van der Waals surface area contributed by atoms with Crippen molar-refractivity contribution in [3.63, 3.8) is 0 Å². The van der Waals surface area contributed by atoms with Crippen LogP contribution in [0.15, 0.2) is 0 Å². The largest absolute Gasteiger partial charge is 0.313 e. The van der Waals surface area contributed by atoms with Crippen LogP contribution in [0.1, 0.15) is 52.4 Å². The minimum atomic E-state index is 0.793. The summed E-state index contributed by atoms with van der Waals surface area (Å²) in [5.41, 5.74) is 0. The lowest BCUT2D eigenvalue weighted by Crippen LogP contribution is -2.40. The summed E-state index contributed by atoms with van der Waals surface area (Å²) in [4.78, 5) is 0. The first-order chi connectivity index (χ1) is 7.24. The zero-order chi connectivity index (χ0) is 11.1. The Morgan fingerprint density at radius 3 is 2.67 bits per heavy atom. The van der Waals surface area contributed by atoms with Gasteiger partial charge in [-0.1, -0.05) is 26.7 Å². The Morgan fingerprint density at radius 1 is 1.27 bits per heavy atom. The van der Waals surface area contributed by atoms with Crippen LogP contribution >= 0.6 is 11.8 Å². The standard InChI is InChI=1S/C13H27NS/c1-11(2)7-6-10-14-12-8-4-5-9-13(12)15-3/h11-14H,4-10H2,1-3H3. The molecule has 1 rings (SSSR count). The molecular formula is C13H27NS. The Morgan fingerprint density at radius 2 is 2.00 bits per heavy atom. The maximum Gasteiger partial charge on any atom is 0.0198 e. The van der Waals surface area contributed by atoms with Gasteiger partial charge in [-0.05, 0) is 44.4 Å². The second-order valence-electron chi connectivity index (χ2n) is 5.16. The number of hydrogen-bond donors (Lipinski definition) is 1. The molecule has 0 saturated heterocycles. The Balaban J connectivity index is 2.12. The van der Waals surface area contributed by atoms with Crippen molar-refractivity contribution in [2.24, 2.45) is 5.92 Å². The molecule has 0 aliphatic heterocycles. The second kappa shape index (κ2) is 7.56. The average Bonchev–Trinajstić information content (AvgIpc) is 2.24. The molecule has 1 N–H and O–H groups in total. The average molecular weight is 229 g/mol. The van der Waals surface area contributed by atoms with Gasteiger partial charge >= 0.3 is 0 Å². The van der Waals surface area contributed by atoms with E-state index < -0.39 is 0 Å². The molecule has 0 amide bonds. The lowest BCUT2D eigenvalue weighted by Gasteiger charge is -2.31. The van der Waals surface area contributed by atoms with Crippen molar-refractivity contribution < 1.29 is 0 Å². The summed E-state index contributed by atoms with van der Waals surface area (Å²) in [5.74, 6) is 0.856. The quantitative estimate of drug-likeness (QED) is 0.697. The fourth-order valence-electron chi connectivity index (χ4n) is 2.41. The van der Waals surface area contributed by atoms with E-state index in [1.54, 1.807) is 0 Å². The summed E-state index contributed by atoms with van der Waals surface area (Å²) in [7, 11) is 0. The summed E-state index contributed by atoms with van der Waals surface area (Å²) >= 11 is 2.06. The molecule has 90 valence electrons. The molecular weight excluding hydrogens is 202 g/mol. The summed E-state index contributed by atoms with van der Waals surface area (Å²) in [6.45, 7) is 5.84. The van der Waals surface area contributed by atoms with Crippen LogP contribution in [-0.2, 0) is 0 Å². The van der Waals surface area contributed by atoms with E-state index in [1.807, 2.05) is 0 Å². The van der Waals surface area contributed by atoms with Gasteiger partial charge in [0.25, 0.3) is 0 Å². The Kier molecular flexibility index (Phi) is 6.74. The number of nitrogens with one attached hydrogen (secondary N) is 1. The first-order valence-corrected chi connectivity index (χ1v) is 7.79. The molecule has 1 saturated carbocycles. The van der Waals surface area contributed by atoms with Gasteiger partial charge in [0.15, 0.2) is 0 Å². The smallest absolute Gasteiger partial charge is 0.0198 e. The van der Waals surface area contributed by atoms with Crippen molar-refractivity contribution in [2.45, 2.75) is 63.7 Å². The van der Waals surface area contributed by atoms with Crippen molar-refractivity contribution in [1.29, 1.82) is 0 Å². The van der Waals surface area contributed by atoms with Gasteiger partial charge in [-0.3, -0.25) is 0 Å². The van der Waals surface area contributed by atoms with E-state index in [1.165, 1.54) is 45.1 Å². The van der Waals surface area contributed by atoms with Crippen molar-refractivity contribution in [3.8, 4) is 0 Å². The second-order valence-corrected chi connectivity index (χ2v) is 6.23. The molecule has 0 bridgehead atoms. The van der Waals surface area contributed by atoms with Gasteiger partial charge in [-0.2, -0.15) is 11.8 Å². The molecule has 15 heavy (non-hydrogen) atoms. The van der Waals surface area contributed by atoms with Crippen LogP contribution in [0.4, 0.5) is 0 Å². The van der Waals surface area contributed by atoms with Crippen LogP contribution in [0.25, 0.3) is 0 Å². The van der Waals surface area contributed by atoms with E-state index >= 15 is 0 Å². The fraction of sp³-hybridized carbons (Fsp3) is 1.00. The molecule has 0 aromatic heterocycles. The van der Waals surface area contributed by atoms with Gasteiger partial charge in [0.1, 0.15) is 0 Å². The molecule has 0 radical (unpaired) electrons. The van der Waals surface area contributed by atoms with Crippen LogP contribution in [0.3, 0.4) is 0 Å². The highest BCUT2D eigenvalue weighted by Crippen LogP contribution is 2.27. The lowest BCUT2D eigenvalue weighted by molar-refractivity contribution is 0.376. The highest BCUT2D eigenvalue weighted by atomic mass is 32.2. The van der Waals surface area contributed by atoms with Gasteiger partial charge < -0.3 is 5.32 Å². The molecule has 0 spiro atoms. The number of hydrogen-bond acceptors (Lipinski definition) is 2. The Bertz CT molecular complexity index is 159. The minimum Gasteiger partial charge on any atom is -0.313 e. The van der Waals surface area contributed by atoms with E-state index in [2.05, 4.69) is 37.2 Å². The van der Waals surface area contributed by atoms with Gasteiger partial charge in [0.05, 0.1) is 0 Å². The first-order valence-electron chi connectivity index (χ1n) is 6.50. The third kappa shape index (κ3) is 5.26. The van der Waals surface area contributed by atoms with Crippen molar-refractivity contribution in [3.05, 3.63) is 0 Å². The highest BCUT2D eigenvalue weighted by molar-refractivity contribution is 7.99. The molecule has 2 atom stereocenters. The topological polar surface area (TPSA) is 12.0 Å². The van der Waals surface area contributed by atoms with E-state index in [0.717, 1.165) is 17.2 Å². The molecule has 1 nitrogen and oxygen atoms in total. The summed E-state index contributed by atoms with van der Waals surface area (Å²) in [5, 5.41) is 4.63. The summed E-state index contributed by atoms with van der Waals surface area (Å²) < 4.78 is 0. The third-order valence-corrected chi connectivity index (χ3v) is 4.54. The van der Waals surface area contributed by atoms with Gasteiger partial charge in [0.2, 0.25) is 0 Å². The minimum absolute atomic E-state index is 0.793. The van der Waals surface area contributed by atoms with Crippen LogP contribution in [-0.4, -0.2) is 24.1 Å². The van der Waals surface area contributed by atoms with Gasteiger partial charge in [-0.25, -0.2) is 0 Å². The summed E-state index contributed by atoms with van der Waals surface area (Å²) in [6.07, 6.45) is 10.7. The van der Waals surface area contributed by atoms with Crippen molar-refractivity contribution >= 4 is 11.8 Å². The van der Waals surface area contributed by atoms with Crippen molar-refractivity contribution in [1.82, 2.24) is 5.32 Å². The third-order valence-electron chi connectivity index (χ3n) is 3.37. The van der Waals surface area contributed by atoms with E-state index in [-0.39, 0.29) is 0 Å². The first kappa shape index (κ1) is 13.4.